The average molecular weight is 824 g/mol. The molecule has 13 aromatic rings. The lowest BCUT2D eigenvalue weighted by Crippen LogP contribution is -2.06. The summed E-state index contributed by atoms with van der Waals surface area (Å²) in [7, 11) is 0. The molecule has 6 aromatic heterocycles. The molecule has 0 unspecified atom stereocenters. The fraction of sp³-hybridized carbons (Fsp3) is 0. The van der Waals surface area contributed by atoms with Gasteiger partial charge in [-0.1, -0.05) is 133 Å². The highest BCUT2D eigenvalue weighted by molar-refractivity contribution is 7.25. The highest BCUT2D eigenvalue weighted by Gasteiger charge is 2.20. The number of para-hydroxylation sites is 2. The largest absolute Gasteiger partial charge is 0.294 e. The van der Waals surface area contributed by atoms with E-state index in [1.54, 1.807) is 11.3 Å². The Balaban J connectivity index is 0.937. The van der Waals surface area contributed by atoms with Crippen LogP contribution >= 0.6 is 11.3 Å². The molecule has 0 aliphatic rings. The molecule has 0 fully saturated rings. The van der Waals surface area contributed by atoms with Crippen molar-refractivity contribution < 1.29 is 0 Å². The third-order valence-corrected chi connectivity index (χ3v) is 13.1. The molecule has 0 N–H and O–H groups in total. The van der Waals surface area contributed by atoms with Crippen molar-refractivity contribution in [2.24, 2.45) is 0 Å². The summed E-state index contributed by atoms with van der Waals surface area (Å²) in [5.41, 5.74) is 12.6. The minimum atomic E-state index is 0.576. The van der Waals surface area contributed by atoms with Crippen LogP contribution in [-0.2, 0) is 0 Å². The maximum absolute atomic E-state index is 5.26. The number of hydrogen-bond acceptors (Lipinski definition) is 6. The van der Waals surface area contributed by atoms with Crippen molar-refractivity contribution in [2.75, 3.05) is 0 Å². The van der Waals surface area contributed by atoms with E-state index in [9.17, 15) is 0 Å². The van der Waals surface area contributed by atoms with Crippen molar-refractivity contribution in [1.82, 2.24) is 34.1 Å². The van der Waals surface area contributed by atoms with Crippen molar-refractivity contribution >= 4 is 75.4 Å². The third kappa shape index (κ3) is 5.76. The van der Waals surface area contributed by atoms with E-state index in [1.807, 2.05) is 72.9 Å². The van der Waals surface area contributed by atoms with E-state index in [0.29, 0.717) is 17.6 Å². The zero-order valence-electron chi connectivity index (χ0n) is 33.6. The number of benzene rings is 7. The maximum atomic E-state index is 5.26. The molecule has 0 aliphatic heterocycles. The zero-order valence-corrected chi connectivity index (χ0v) is 34.4. The molecule has 0 bridgehead atoms. The number of aromatic nitrogens is 7. The van der Waals surface area contributed by atoms with Gasteiger partial charge in [-0.15, -0.1) is 11.3 Å². The first kappa shape index (κ1) is 35.4. The lowest BCUT2D eigenvalue weighted by atomic mass is 9.97. The molecule has 0 saturated heterocycles. The molecule has 63 heavy (non-hydrogen) atoms. The predicted molar refractivity (Wildman–Crippen MR) is 259 cm³/mol. The van der Waals surface area contributed by atoms with E-state index in [4.69, 9.17) is 24.9 Å². The first-order valence-corrected chi connectivity index (χ1v) is 21.7. The van der Waals surface area contributed by atoms with Crippen LogP contribution in [0.25, 0.3) is 121 Å². The van der Waals surface area contributed by atoms with Crippen LogP contribution in [-0.4, -0.2) is 34.1 Å². The molecule has 6 heterocycles. The van der Waals surface area contributed by atoms with Gasteiger partial charge in [-0.25, -0.2) is 9.97 Å². The fourth-order valence-electron chi connectivity index (χ4n) is 9.12. The minimum absolute atomic E-state index is 0.576. The third-order valence-electron chi connectivity index (χ3n) is 12.1. The molecular formula is C55H33N7S. The van der Waals surface area contributed by atoms with Crippen molar-refractivity contribution in [2.45, 2.75) is 0 Å². The Kier molecular flexibility index (Phi) is 7.94. The number of fused-ring (bicyclic) bond motifs is 9. The van der Waals surface area contributed by atoms with Crippen LogP contribution in [0.1, 0.15) is 0 Å². The van der Waals surface area contributed by atoms with E-state index in [1.165, 1.54) is 10.8 Å². The molecule has 8 heteroatoms. The van der Waals surface area contributed by atoms with Crippen LogP contribution in [0.4, 0.5) is 0 Å². The van der Waals surface area contributed by atoms with Crippen LogP contribution in [0.3, 0.4) is 0 Å². The van der Waals surface area contributed by atoms with Gasteiger partial charge in [-0.2, -0.15) is 9.97 Å². The van der Waals surface area contributed by atoms with Crippen molar-refractivity contribution in [3.8, 4) is 56.8 Å². The van der Waals surface area contributed by atoms with Gasteiger partial charge < -0.3 is 0 Å². The molecule has 13 rings (SSSR count). The zero-order chi connectivity index (χ0) is 41.4. The summed E-state index contributed by atoms with van der Waals surface area (Å²) >= 11 is 1.73. The first-order chi connectivity index (χ1) is 31.2. The summed E-state index contributed by atoms with van der Waals surface area (Å²) in [4.78, 5) is 25.2. The second kappa shape index (κ2) is 14.1. The topological polar surface area (TPSA) is 74.3 Å². The Labute approximate surface area is 364 Å². The molecule has 0 radical (unpaired) electrons. The van der Waals surface area contributed by atoms with Crippen molar-refractivity contribution in [3.63, 3.8) is 0 Å². The van der Waals surface area contributed by atoms with Crippen LogP contribution in [0, 0.1) is 0 Å². The molecule has 7 aromatic carbocycles. The van der Waals surface area contributed by atoms with Gasteiger partial charge in [0, 0.05) is 38.9 Å². The fourth-order valence-corrected chi connectivity index (χ4v) is 10.1. The average Bonchev–Trinajstić information content (AvgIpc) is 4.01. The van der Waals surface area contributed by atoms with Gasteiger partial charge in [0.1, 0.15) is 16.9 Å². The Hall–Kier alpha value is -8.33. The van der Waals surface area contributed by atoms with Crippen LogP contribution in [0.15, 0.2) is 200 Å². The highest BCUT2D eigenvalue weighted by Crippen LogP contribution is 2.39. The molecule has 0 atom stereocenters. The Morgan fingerprint density at radius 2 is 0.905 bits per heavy atom. The second-order valence-corrected chi connectivity index (χ2v) is 16.8. The molecule has 0 amide bonds. The maximum Gasteiger partial charge on any atom is 0.238 e. The Morgan fingerprint density at radius 1 is 0.333 bits per heavy atom. The van der Waals surface area contributed by atoms with Crippen molar-refractivity contribution in [1.29, 1.82) is 0 Å². The van der Waals surface area contributed by atoms with Crippen LogP contribution in [0.2, 0.25) is 0 Å². The molecule has 0 spiro atoms. The standard InChI is InChI=1S/C55H33N7S/c1-3-13-34(14-4-1)53-58-54(35-15-5-2-6-16-35)60-55(59-53)62-45-22-10-8-20-41(45)43-32-38(25-27-46(43)62)36-17-11-18-37(31-36)39-24-26-42-40-19-7-9-21-44(40)61(47(42)33-39)50-29-28-49-52(57-50)51-48(63-49)23-12-30-56-51/h1-33H. The van der Waals surface area contributed by atoms with Gasteiger partial charge in [0.25, 0.3) is 0 Å². The lowest BCUT2D eigenvalue weighted by Gasteiger charge is -2.11. The summed E-state index contributed by atoms with van der Waals surface area (Å²) < 4.78 is 6.74. The van der Waals surface area contributed by atoms with E-state index >= 15 is 0 Å². The summed E-state index contributed by atoms with van der Waals surface area (Å²) in [5, 5.41) is 4.64. The smallest absolute Gasteiger partial charge is 0.238 e. The van der Waals surface area contributed by atoms with Gasteiger partial charge in [0.05, 0.1) is 31.5 Å². The monoisotopic (exact) mass is 823 g/mol. The quantitative estimate of drug-likeness (QED) is 0.167. The van der Waals surface area contributed by atoms with Gasteiger partial charge in [0.15, 0.2) is 11.6 Å². The van der Waals surface area contributed by atoms with Crippen LogP contribution < -0.4 is 0 Å². The van der Waals surface area contributed by atoms with Gasteiger partial charge in [-0.3, -0.25) is 14.1 Å². The summed E-state index contributed by atoms with van der Waals surface area (Å²) in [6.07, 6.45) is 1.85. The number of hydrogen-bond donors (Lipinski definition) is 0. The van der Waals surface area contributed by atoms with Gasteiger partial charge >= 0.3 is 0 Å². The number of nitrogens with zero attached hydrogens (tertiary/aromatic N) is 7. The van der Waals surface area contributed by atoms with Crippen molar-refractivity contribution in [3.05, 3.63) is 200 Å². The Morgan fingerprint density at radius 3 is 1.65 bits per heavy atom. The summed E-state index contributed by atoms with van der Waals surface area (Å²) in [6, 6.07) is 68.1. The number of pyridine rings is 2. The lowest BCUT2D eigenvalue weighted by molar-refractivity contribution is 0.953. The summed E-state index contributed by atoms with van der Waals surface area (Å²) in [6.45, 7) is 0. The van der Waals surface area contributed by atoms with E-state index < -0.39 is 0 Å². The van der Waals surface area contributed by atoms with E-state index in [0.717, 1.165) is 92.5 Å². The normalized spacial score (nSPS) is 11.8. The van der Waals surface area contributed by atoms with Gasteiger partial charge in [-0.05, 0) is 82.9 Å². The molecule has 294 valence electrons. The predicted octanol–water partition coefficient (Wildman–Crippen LogP) is 13.9. The second-order valence-electron chi connectivity index (χ2n) is 15.7. The molecular weight excluding hydrogens is 791 g/mol. The minimum Gasteiger partial charge on any atom is -0.294 e. The Bertz CT molecular complexity index is 3870. The number of thiophene rings is 1. The van der Waals surface area contributed by atoms with Crippen LogP contribution in [0.5, 0.6) is 0 Å². The molecule has 7 nitrogen and oxygen atoms in total. The highest BCUT2D eigenvalue weighted by atomic mass is 32.1. The number of rotatable bonds is 6. The van der Waals surface area contributed by atoms with E-state index in [-0.39, 0.29) is 0 Å². The van der Waals surface area contributed by atoms with Gasteiger partial charge in [0.2, 0.25) is 5.95 Å². The van der Waals surface area contributed by atoms with E-state index in [2.05, 4.69) is 137 Å². The molecule has 0 aliphatic carbocycles. The first-order valence-electron chi connectivity index (χ1n) is 20.9. The molecule has 0 saturated carbocycles. The summed E-state index contributed by atoms with van der Waals surface area (Å²) in [5.74, 6) is 2.71. The SMILES string of the molecule is c1ccc(-c2nc(-c3ccccc3)nc(-n3c4ccccc4c4cc(-c5cccc(-c6ccc7c8ccccc8n(-c8ccc9sc%10cccnc%10c9n8)c7c6)c5)ccc43)n2)cc1.